The molecule has 0 radical (unpaired) electrons. The highest BCUT2D eigenvalue weighted by atomic mass is 16.5. The van der Waals surface area contributed by atoms with Crippen LogP contribution in [-0.2, 0) is 6.54 Å². The number of nitrogens with zero attached hydrogens (tertiary/aromatic N) is 4. The van der Waals surface area contributed by atoms with Crippen LogP contribution >= 0.6 is 0 Å². The molecule has 1 aliphatic carbocycles. The maximum absolute atomic E-state index is 13.0. The highest BCUT2D eigenvalue weighted by Crippen LogP contribution is 2.40. The first-order chi connectivity index (χ1) is 13.4. The highest BCUT2D eigenvalue weighted by molar-refractivity contribution is 6.10. The van der Waals surface area contributed by atoms with Crippen molar-refractivity contribution in [2.75, 3.05) is 12.4 Å². The van der Waals surface area contributed by atoms with E-state index >= 15 is 0 Å². The molecule has 9 nitrogen and oxygen atoms in total. The van der Waals surface area contributed by atoms with Gasteiger partial charge in [-0.2, -0.15) is 4.98 Å². The highest BCUT2D eigenvalue weighted by Gasteiger charge is 2.38. The molecule has 1 amide bonds. The van der Waals surface area contributed by atoms with E-state index in [2.05, 4.69) is 37.5 Å². The number of aromatic nitrogens is 4. The lowest BCUT2D eigenvalue weighted by Crippen LogP contribution is -2.24. The van der Waals surface area contributed by atoms with E-state index in [1.54, 1.807) is 20.0 Å². The quantitative estimate of drug-likeness (QED) is 0.668. The number of fused-ring (bicyclic) bond motifs is 1. The summed E-state index contributed by atoms with van der Waals surface area (Å²) in [5, 5.41) is 6.90. The monoisotopic (exact) mass is 382 g/mol. The average Bonchev–Trinajstić information content (AvgIpc) is 3.28. The topological polar surface area (TPSA) is 115 Å². The molecule has 1 aliphatic rings. The van der Waals surface area contributed by atoms with E-state index in [4.69, 9.17) is 9.15 Å². The second-order valence-corrected chi connectivity index (χ2v) is 7.26. The molecule has 9 heteroatoms. The van der Waals surface area contributed by atoms with Crippen LogP contribution in [0, 0.1) is 13.8 Å². The van der Waals surface area contributed by atoms with Crippen molar-refractivity contribution < 1.29 is 13.9 Å². The van der Waals surface area contributed by atoms with Gasteiger partial charge < -0.3 is 19.8 Å². The number of rotatable bonds is 6. The number of carbonyl (C=O) groups is 1. The summed E-state index contributed by atoms with van der Waals surface area (Å²) >= 11 is 0. The molecule has 28 heavy (non-hydrogen) atoms. The Morgan fingerprint density at radius 2 is 2.07 bits per heavy atom. The van der Waals surface area contributed by atoms with Crippen LogP contribution in [0.3, 0.4) is 0 Å². The molecule has 0 saturated heterocycles. The number of hydrogen-bond donors (Lipinski definition) is 2. The fourth-order valence-electron chi connectivity index (χ4n) is 3.05. The van der Waals surface area contributed by atoms with Crippen molar-refractivity contribution in [2.45, 2.75) is 45.7 Å². The van der Waals surface area contributed by atoms with E-state index in [0.29, 0.717) is 45.5 Å². The van der Waals surface area contributed by atoms with Gasteiger partial charge in [-0.3, -0.25) is 4.79 Å². The van der Waals surface area contributed by atoms with E-state index in [0.717, 1.165) is 12.8 Å². The standard InChI is InChI=1S/C19H22N6O3/c1-10-13(16(26)21-8-12-7-20-11(2)24-17(12)27-4)14-15(25-19(3)5-6-19)22-9-23-18(14)28-10/h7,9H,5-6,8H2,1-4H3,(H,21,26)(H,22,23,25). The van der Waals surface area contributed by atoms with Crippen molar-refractivity contribution in [3.63, 3.8) is 0 Å². The number of anilines is 1. The van der Waals surface area contributed by atoms with Gasteiger partial charge in [0.2, 0.25) is 11.6 Å². The fraction of sp³-hybridized carbons (Fsp3) is 0.421. The maximum Gasteiger partial charge on any atom is 0.255 e. The molecule has 0 bridgehead atoms. The van der Waals surface area contributed by atoms with Gasteiger partial charge in [0.15, 0.2) is 0 Å². The lowest BCUT2D eigenvalue weighted by Gasteiger charge is -2.13. The minimum Gasteiger partial charge on any atom is -0.481 e. The zero-order valence-electron chi connectivity index (χ0n) is 16.3. The average molecular weight is 382 g/mol. The van der Waals surface area contributed by atoms with Crippen LogP contribution in [0.4, 0.5) is 5.82 Å². The van der Waals surface area contributed by atoms with Gasteiger partial charge in [-0.05, 0) is 33.6 Å². The van der Waals surface area contributed by atoms with Crippen LogP contribution < -0.4 is 15.4 Å². The number of hydrogen-bond acceptors (Lipinski definition) is 8. The molecule has 3 aromatic heterocycles. The summed E-state index contributed by atoms with van der Waals surface area (Å²) in [5.74, 6) is 1.86. The van der Waals surface area contributed by atoms with Crippen LogP contribution in [-0.4, -0.2) is 38.5 Å². The number of methoxy groups -OCH3 is 1. The van der Waals surface area contributed by atoms with E-state index in [1.165, 1.54) is 13.4 Å². The molecule has 3 aromatic rings. The van der Waals surface area contributed by atoms with Crippen LogP contribution in [0.2, 0.25) is 0 Å². The number of nitrogens with one attached hydrogen (secondary N) is 2. The van der Waals surface area contributed by atoms with Gasteiger partial charge >= 0.3 is 0 Å². The Balaban J connectivity index is 1.63. The van der Waals surface area contributed by atoms with Gasteiger partial charge in [-0.25, -0.2) is 15.0 Å². The molecule has 0 atom stereocenters. The minimum atomic E-state index is -0.280. The molecular formula is C19H22N6O3. The molecule has 0 aromatic carbocycles. The molecule has 2 N–H and O–H groups in total. The van der Waals surface area contributed by atoms with Crippen molar-refractivity contribution in [3.05, 3.63) is 35.2 Å². The third-order valence-corrected chi connectivity index (χ3v) is 4.89. The Hall–Kier alpha value is -3.23. The predicted molar refractivity (Wildman–Crippen MR) is 102 cm³/mol. The number of furan rings is 1. The van der Waals surface area contributed by atoms with Gasteiger partial charge in [0, 0.05) is 18.3 Å². The van der Waals surface area contributed by atoms with Crippen LogP contribution in [0.25, 0.3) is 11.1 Å². The Bertz CT molecular complexity index is 1060. The molecule has 3 heterocycles. The maximum atomic E-state index is 13.0. The summed E-state index contributed by atoms with van der Waals surface area (Å²) in [5.41, 5.74) is 1.51. The predicted octanol–water partition coefficient (Wildman–Crippen LogP) is 2.53. The summed E-state index contributed by atoms with van der Waals surface area (Å²) in [6.45, 7) is 5.87. The lowest BCUT2D eigenvalue weighted by atomic mass is 10.1. The number of carbonyl (C=O) groups excluding carboxylic acids is 1. The molecular weight excluding hydrogens is 360 g/mol. The fourth-order valence-corrected chi connectivity index (χ4v) is 3.05. The Kier molecular flexibility index (Phi) is 4.37. The van der Waals surface area contributed by atoms with Crippen molar-refractivity contribution in [1.29, 1.82) is 0 Å². The third kappa shape index (κ3) is 3.35. The van der Waals surface area contributed by atoms with E-state index < -0.39 is 0 Å². The van der Waals surface area contributed by atoms with Crippen molar-refractivity contribution in [2.24, 2.45) is 0 Å². The van der Waals surface area contributed by atoms with Crippen LogP contribution in [0.5, 0.6) is 5.88 Å². The molecule has 1 fully saturated rings. The van der Waals surface area contributed by atoms with E-state index in [1.807, 2.05) is 0 Å². The van der Waals surface area contributed by atoms with Gasteiger partial charge in [-0.15, -0.1) is 0 Å². The van der Waals surface area contributed by atoms with Gasteiger partial charge in [0.1, 0.15) is 23.7 Å². The molecule has 1 saturated carbocycles. The number of ether oxygens (including phenoxy) is 1. The van der Waals surface area contributed by atoms with Crippen LogP contribution in [0.1, 0.15) is 47.3 Å². The van der Waals surface area contributed by atoms with Crippen molar-refractivity contribution in [1.82, 2.24) is 25.3 Å². The summed E-state index contributed by atoms with van der Waals surface area (Å²) in [4.78, 5) is 29.9. The van der Waals surface area contributed by atoms with E-state index in [9.17, 15) is 4.79 Å². The number of aryl methyl sites for hydroxylation is 2. The smallest absolute Gasteiger partial charge is 0.255 e. The normalized spacial score (nSPS) is 14.7. The first-order valence-electron chi connectivity index (χ1n) is 9.07. The molecule has 4 rings (SSSR count). The number of amides is 1. The van der Waals surface area contributed by atoms with Crippen molar-refractivity contribution in [3.8, 4) is 5.88 Å². The first-order valence-corrected chi connectivity index (χ1v) is 9.07. The second kappa shape index (κ2) is 6.74. The summed E-state index contributed by atoms with van der Waals surface area (Å²) in [7, 11) is 1.54. The zero-order valence-corrected chi connectivity index (χ0v) is 16.3. The summed E-state index contributed by atoms with van der Waals surface area (Å²) in [6.07, 6.45) is 5.20. The Morgan fingerprint density at radius 1 is 1.29 bits per heavy atom. The molecule has 0 unspecified atom stereocenters. The largest absolute Gasteiger partial charge is 0.481 e. The Morgan fingerprint density at radius 3 is 2.79 bits per heavy atom. The van der Waals surface area contributed by atoms with Crippen LogP contribution in [0.15, 0.2) is 16.9 Å². The SMILES string of the molecule is COc1nc(C)ncc1CNC(=O)c1c(C)oc2ncnc(NC3(C)CC3)c12. The summed E-state index contributed by atoms with van der Waals surface area (Å²) in [6, 6.07) is 0. The molecule has 0 spiro atoms. The lowest BCUT2D eigenvalue weighted by molar-refractivity contribution is 0.0950. The third-order valence-electron chi connectivity index (χ3n) is 4.89. The second-order valence-electron chi connectivity index (χ2n) is 7.26. The Labute approximate surface area is 161 Å². The molecule has 0 aliphatic heterocycles. The van der Waals surface area contributed by atoms with E-state index in [-0.39, 0.29) is 18.0 Å². The first kappa shape index (κ1) is 18.1. The van der Waals surface area contributed by atoms with Crippen molar-refractivity contribution >= 4 is 22.8 Å². The van der Waals surface area contributed by atoms with Gasteiger partial charge in [-0.1, -0.05) is 0 Å². The van der Waals surface area contributed by atoms with Gasteiger partial charge in [0.05, 0.1) is 23.6 Å². The van der Waals surface area contributed by atoms with Gasteiger partial charge in [0.25, 0.3) is 5.91 Å². The zero-order chi connectivity index (χ0) is 19.9. The minimum absolute atomic E-state index is 0.00675. The summed E-state index contributed by atoms with van der Waals surface area (Å²) < 4.78 is 11.0. The molecule has 146 valence electrons.